The molecular formula is C21H18F4N2O3. The zero-order chi connectivity index (χ0) is 22.6. The molecule has 2 aromatic carbocycles. The van der Waals surface area contributed by atoms with Crippen LogP contribution in [0.2, 0.25) is 0 Å². The Bertz CT molecular complexity index is 1090. The van der Waals surface area contributed by atoms with Gasteiger partial charge < -0.3 is 15.4 Å². The minimum absolute atomic E-state index is 0.000484. The van der Waals surface area contributed by atoms with E-state index in [1.807, 2.05) is 0 Å². The molecule has 1 amide bonds. The number of carboxylic acids is 1. The Morgan fingerprint density at radius 3 is 2.10 bits per heavy atom. The van der Waals surface area contributed by atoms with Gasteiger partial charge in [-0.05, 0) is 50.2 Å². The second-order valence-corrected chi connectivity index (χ2v) is 6.31. The third-order valence-electron chi connectivity index (χ3n) is 4.22. The van der Waals surface area contributed by atoms with Gasteiger partial charge in [0.15, 0.2) is 0 Å². The normalized spacial score (nSPS) is 10.9. The highest BCUT2D eigenvalue weighted by molar-refractivity contribution is 5.92. The van der Waals surface area contributed by atoms with E-state index in [0.717, 1.165) is 12.1 Å². The Hall–Kier alpha value is -3.62. The highest BCUT2D eigenvalue weighted by Gasteiger charge is 2.34. The summed E-state index contributed by atoms with van der Waals surface area (Å²) in [6.45, 7) is 3.07. The fourth-order valence-electron chi connectivity index (χ4n) is 2.90. The van der Waals surface area contributed by atoms with E-state index in [-0.39, 0.29) is 22.5 Å². The van der Waals surface area contributed by atoms with Crippen LogP contribution in [0.1, 0.15) is 37.7 Å². The topological polar surface area (TPSA) is 85.3 Å². The van der Waals surface area contributed by atoms with Gasteiger partial charge in [-0.1, -0.05) is 18.2 Å². The second-order valence-electron chi connectivity index (χ2n) is 6.31. The molecule has 0 atom stereocenters. The molecule has 0 aliphatic carbocycles. The zero-order valence-corrected chi connectivity index (χ0v) is 16.0. The molecule has 0 spiro atoms. The molecule has 5 nitrogen and oxygen atoms in total. The van der Waals surface area contributed by atoms with Crippen LogP contribution in [-0.4, -0.2) is 21.6 Å². The van der Waals surface area contributed by atoms with Gasteiger partial charge in [-0.2, -0.15) is 13.2 Å². The Labute approximate surface area is 169 Å². The van der Waals surface area contributed by atoms with Crippen LogP contribution in [-0.2, 0) is 6.18 Å². The summed E-state index contributed by atoms with van der Waals surface area (Å²) in [4.78, 5) is 21.5. The van der Waals surface area contributed by atoms with Crippen molar-refractivity contribution in [2.45, 2.75) is 20.0 Å². The van der Waals surface area contributed by atoms with Gasteiger partial charge in [0.1, 0.15) is 5.82 Å². The Morgan fingerprint density at radius 1 is 1.00 bits per heavy atom. The van der Waals surface area contributed by atoms with Crippen LogP contribution in [0.4, 0.5) is 17.6 Å². The molecule has 9 heteroatoms. The maximum atomic E-state index is 13.0. The zero-order valence-electron chi connectivity index (χ0n) is 16.0. The van der Waals surface area contributed by atoms with Crippen LogP contribution in [0.3, 0.4) is 0 Å². The van der Waals surface area contributed by atoms with E-state index in [0.29, 0.717) is 5.69 Å². The summed E-state index contributed by atoms with van der Waals surface area (Å²) >= 11 is 0. The standard InChI is InChI=1S/C14H12F3NO2.C7H6FNO/c1-8-7-10(13(19)20)9(2)18(8)12-6-4-3-5-11(12)14(15,16)17;8-6-3-1-2-5(4-6)7(9)10/h3-7H,1-2H3,(H,19,20);1-4H,(H2,9,10). The molecule has 0 saturated carbocycles. The van der Waals surface area contributed by atoms with Crippen LogP contribution in [0.15, 0.2) is 54.6 Å². The molecule has 0 unspecified atom stereocenters. The van der Waals surface area contributed by atoms with Crippen LogP contribution >= 0.6 is 0 Å². The first-order valence-electron chi connectivity index (χ1n) is 8.57. The summed E-state index contributed by atoms with van der Waals surface area (Å²) in [7, 11) is 0. The Morgan fingerprint density at radius 2 is 1.63 bits per heavy atom. The molecule has 0 fully saturated rings. The van der Waals surface area contributed by atoms with E-state index in [9.17, 15) is 27.2 Å². The molecule has 0 aliphatic heterocycles. The van der Waals surface area contributed by atoms with Gasteiger partial charge in [-0.25, -0.2) is 9.18 Å². The minimum Gasteiger partial charge on any atom is -0.478 e. The predicted octanol–water partition coefficient (Wildman–Crippen LogP) is 4.74. The SMILES string of the molecule is Cc1cc(C(=O)O)c(C)n1-c1ccccc1C(F)(F)F.NC(=O)c1cccc(F)c1. The van der Waals surface area contributed by atoms with Gasteiger partial charge in [0, 0.05) is 17.0 Å². The number of carboxylic acid groups (broad SMARTS) is 1. The first kappa shape index (κ1) is 22.7. The van der Waals surface area contributed by atoms with Crippen molar-refractivity contribution in [3.8, 4) is 5.69 Å². The van der Waals surface area contributed by atoms with Crippen LogP contribution in [0.25, 0.3) is 5.69 Å². The van der Waals surface area contributed by atoms with Crippen LogP contribution < -0.4 is 5.73 Å². The third kappa shape index (κ3) is 5.05. The van der Waals surface area contributed by atoms with E-state index in [1.54, 1.807) is 6.92 Å². The fraction of sp³-hybridized carbons (Fsp3) is 0.143. The maximum absolute atomic E-state index is 13.0. The van der Waals surface area contributed by atoms with E-state index in [2.05, 4.69) is 0 Å². The number of halogens is 4. The number of aromatic carboxylic acids is 1. The summed E-state index contributed by atoms with van der Waals surface area (Å²) in [6.07, 6.45) is -4.50. The lowest BCUT2D eigenvalue weighted by Gasteiger charge is -2.16. The van der Waals surface area contributed by atoms with E-state index in [4.69, 9.17) is 10.8 Å². The van der Waals surface area contributed by atoms with Crippen molar-refractivity contribution in [2.75, 3.05) is 0 Å². The number of nitrogens with two attached hydrogens (primary N) is 1. The largest absolute Gasteiger partial charge is 0.478 e. The maximum Gasteiger partial charge on any atom is 0.418 e. The number of benzene rings is 2. The molecular weight excluding hydrogens is 404 g/mol. The van der Waals surface area contributed by atoms with E-state index >= 15 is 0 Å². The molecule has 1 heterocycles. The van der Waals surface area contributed by atoms with E-state index in [1.165, 1.54) is 54.0 Å². The lowest BCUT2D eigenvalue weighted by Crippen LogP contribution is -2.12. The van der Waals surface area contributed by atoms with Crippen LogP contribution in [0, 0.1) is 19.7 Å². The molecule has 0 bridgehead atoms. The number of carbonyl (C=O) groups is 2. The van der Waals surface area contributed by atoms with E-state index < -0.39 is 29.4 Å². The molecule has 3 N–H and O–H groups in total. The third-order valence-corrected chi connectivity index (χ3v) is 4.22. The van der Waals surface area contributed by atoms with Gasteiger partial charge in [0.05, 0.1) is 16.8 Å². The number of aryl methyl sites for hydroxylation is 1. The van der Waals surface area contributed by atoms with Crippen molar-refractivity contribution < 1.29 is 32.3 Å². The Kier molecular flexibility index (Phi) is 6.66. The second kappa shape index (κ2) is 8.81. The summed E-state index contributed by atoms with van der Waals surface area (Å²) < 4.78 is 52.7. The number of nitrogens with zero attached hydrogens (tertiary/aromatic N) is 1. The highest BCUT2D eigenvalue weighted by Crippen LogP contribution is 2.35. The van der Waals surface area contributed by atoms with Gasteiger partial charge >= 0.3 is 12.1 Å². The molecule has 3 aromatic rings. The molecule has 0 saturated heterocycles. The smallest absolute Gasteiger partial charge is 0.418 e. The van der Waals surface area contributed by atoms with Crippen molar-refractivity contribution in [3.05, 3.63) is 88.5 Å². The predicted molar refractivity (Wildman–Crippen MR) is 102 cm³/mol. The number of primary amides is 1. The number of para-hydroxylation sites is 1. The molecule has 30 heavy (non-hydrogen) atoms. The molecule has 1 aromatic heterocycles. The summed E-state index contributed by atoms with van der Waals surface area (Å²) in [5, 5.41) is 9.04. The van der Waals surface area contributed by atoms with Crippen LogP contribution in [0.5, 0.6) is 0 Å². The Balaban J connectivity index is 0.000000269. The van der Waals surface area contributed by atoms with Gasteiger partial charge in [-0.15, -0.1) is 0 Å². The quantitative estimate of drug-likeness (QED) is 0.598. The number of hydrogen-bond donors (Lipinski definition) is 2. The number of aromatic nitrogens is 1. The van der Waals surface area contributed by atoms with Crippen molar-refractivity contribution in [1.29, 1.82) is 0 Å². The molecule has 158 valence electrons. The van der Waals surface area contributed by atoms with Crippen molar-refractivity contribution in [2.24, 2.45) is 5.73 Å². The highest BCUT2D eigenvalue weighted by atomic mass is 19.4. The number of hydrogen-bond acceptors (Lipinski definition) is 2. The van der Waals surface area contributed by atoms with Gasteiger partial charge in [-0.3, -0.25) is 4.79 Å². The lowest BCUT2D eigenvalue weighted by molar-refractivity contribution is -0.137. The average molecular weight is 422 g/mol. The minimum atomic E-state index is -4.50. The fourth-order valence-corrected chi connectivity index (χ4v) is 2.90. The monoisotopic (exact) mass is 422 g/mol. The molecule has 0 radical (unpaired) electrons. The lowest BCUT2D eigenvalue weighted by atomic mass is 10.1. The summed E-state index contributed by atoms with van der Waals surface area (Å²) in [5.74, 6) is -2.22. The first-order chi connectivity index (χ1) is 13.9. The average Bonchev–Trinajstić information content (AvgIpc) is 2.96. The van der Waals surface area contributed by atoms with Crippen molar-refractivity contribution in [1.82, 2.24) is 4.57 Å². The van der Waals surface area contributed by atoms with Crippen molar-refractivity contribution in [3.63, 3.8) is 0 Å². The molecule has 0 aliphatic rings. The first-order valence-corrected chi connectivity index (χ1v) is 8.57. The summed E-state index contributed by atoms with van der Waals surface area (Å²) in [6, 6.07) is 11.7. The van der Waals surface area contributed by atoms with Gasteiger partial charge in [0.2, 0.25) is 5.91 Å². The van der Waals surface area contributed by atoms with Crippen molar-refractivity contribution >= 4 is 11.9 Å². The number of amides is 1. The number of rotatable bonds is 3. The number of carbonyl (C=O) groups excluding carboxylic acids is 1. The van der Waals surface area contributed by atoms with Gasteiger partial charge in [0.25, 0.3) is 0 Å². The summed E-state index contributed by atoms with van der Waals surface area (Å²) in [5.41, 5.74) is 4.92. The number of alkyl halides is 3. The molecule has 3 rings (SSSR count).